The minimum atomic E-state index is -0.0912. The Labute approximate surface area is 95.1 Å². The van der Waals surface area contributed by atoms with Crippen molar-refractivity contribution in [2.75, 3.05) is 0 Å². The summed E-state index contributed by atoms with van der Waals surface area (Å²) in [5.74, 6) is 0.117. The Kier molecular flexibility index (Phi) is 3.02. The van der Waals surface area contributed by atoms with Crippen molar-refractivity contribution in [3.05, 3.63) is 48.0 Å². The highest BCUT2D eigenvalue weighted by molar-refractivity contribution is 6.08. The zero-order chi connectivity index (χ0) is 11.5. The molecular weight excluding hydrogens is 198 g/mol. The van der Waals surface area contributed by atoms with E-state index in [1.54, 1.807) is 0 Å². The lowest BCUT2D eigenvalue weighted by molar-refractivity contribution is 0.0978. The average Bonchev–Trinajstić information content (AvgIpc) is 2.27. The van der Waals surface area contributed by atoms with E-state index in [1.807, 2.05) is 49.4 Å². The van der Waals surface area contributed by atoms with Crippen LogP contribution in [0.25, 0.3) is 10.8 Å². The maximum absolute atomic E-state index is 12.0. The van der Waals surface area contributed by atoms with Gasteiger partial charge in [0.15, 0.2) is 5.78 Å². The number of benzene rings is 2. The SMILES string of the molecule is CC(N)CC(=O)c1cccc2ccccc12. The third kappa shape index (κ3) is 2.12. The second kappa shape index (κ2) is 4.45. The van der Waals surface area contributed by atoms with Crippen molar-refractivity contribution in [2.45, 2.75) is 19.4 Å². The number of nitrogens with two attached hydrogens (primary N) is 1. The van der Waals surface area contributed by atoms with Crippen LogP contribution < -0.4 is 5.73 Å². The fourth-order valence-corrected chi connectivity index (χ4v) is 1.87. The predicted octanol–water partition coefficient (Wildman–Crippen LogP) is 2.76. The van der Waals surface area contributed by atoms with Crippen molar-refractivity contribution in [2.24, 2.45) is 5.73 Å². The predicted molar refractivity (Wildman–Crippen MR) is 66.5 cm³/mol. The van der Waals surface area contributed by atoms with Gasteiger partial charge in [0.2, 0.25) is 0 Å². The lowest BCUT2D eigenvalue weighted by Crippen LogP contribution is -2.19. The number of hydrogen-bond donors (Lipinski definition) is 1. The molecule has 2 nitrogen and oxygen atoms in total. The van der Waals surface area contributed by atoms with Gasteiger partial charge in [-0.3, -0.25) is 4.79 Å². The van der Waals surface area contributed by atoms with Crippen LogP contribution >= 0.6 is 0 Å². The van der Waals surface area contributed by atoms with Crippen molar-refractivity contribution in [3.8, 4) is 0 Å². The summed E-state index contributed by atoms with van der Waals surface area (Å²) in [5, 5.41) is 2.11. The van der Waals surface area contributed by atoms with Crippen LogP contribution in [0.5, 0.6) is 0 Å². The Morgan fingerprint density at radius 1 is 1.19 bits per heavy atom. The van der Waals surface area contributed by atoms with Crippen LogP contribution in [0.1, 0.15) is 23.7 Å². The van der Waals surface area contributed by atoms with Gasteiger partial charge < -0.3 is 5.73 Å². The molecule has 2 rings (SSSR count). The van der Waals surface area contributed by atoms with Gasteiger partial charge in [-0.1, -0.05) is 42.5 Å². The van der Waals surface area contributed by atoms with Crippen LogP contribution in [0.3, 0.4) is 0 Å². The molecule has 0 aliphatic rings. The van der Waals surface area contributed by atoms with Crippen LogP contribution in [0.2, 0.25) is 0 Å². The first-order chi connectivity index (χ1) is 7.68. The molecule has 0 spiro atoms. The van der Waals surface area contributed by atoms with E-state index >= 15 is 0 Å². The molecule has 0 fully saturated rings. The molecule has 2 aromatic carbocycles. The van der Waals surface area contributed by atoms with Gasteiger partial charge in [-0.05, 0) is 17.7 Å². The van der Waals surface area contributed by atoms with E-state index < -0.39 is 0 Å². The van der Waals surface area contributed by atoms with Gasteiger partial charge in [0.25, 0.3) is 0 Å². The number of carbonyl (C=O) groups excluding carboxylic acids is 1. The molecule has 0 bridgehead atoms. The highest BCUT2D eigenvalue weighted by Crippen LogP contribution is 2.19. The van der Waals surface area contributed by atoms with Gasteiger partial charge in [0, 0.05) is 18.0 Å². The zero-order valence-corrected chi connectivity index (χ0v) is 9.31. The van der Waals surface area contributed by atoms with Gasteiger partial charge >= 0.3 is 0 Å². The first-order valence-corrected chi connectivity index (χ1v) is 5.45. The second-order valence-electron chi connectivity index (χ2n) is 4.13. The van der Waals surface area contributed by atoms with Gasteiger partial charge in [-0.25, -0.2) is 0 Å². The normalized spacial score (nSPS) is 12.6. The Morgan fingerprint density at radius 2 is 1.88 bits per heavy atom. The molecule has 0 saturated carbocycles. The fraction of sp³-hybridized carbons (Fsp3) is 0.214. The first kappa shape index (κ1) is 10.8. The molecule has 2 N–H and O–H groups in total. The Balaban J connectivity index is 2.48. The molecule has 82 valence electrons. The van der Waals surface area contributed by atoms with E-state index in [0.29, 0.717) is 6.42 Å². The highest BCUT2D eigenvalue weighted by atomic mass is 16.1. The summed E-state index contributed by atoms with van der Waals surface area (Å²) in [5.41, 5.74) is 6.43. The standard InChI is InChI=1S/C14H15NO/c1-10(15)9-14(16)13-8-4-6-11-5-2-3-7-12(11)13/h2-8,10H,9,15H2,1H3. The number of rotatable bonds is 3. The van der Waals surface area contributed by atoms with E-state index in [4.69, 9.17) is 5.73 Å². The van der Waals surface area contributed by atoms with E-state index in [1.165, 1.54) is 0 Å². The molecule has 0 aromatic heterocycles. The summed E-state index contributed by atoms with van der Waals surface area (Å²) in [7, 11) is 0. The molecule has 0 aliphatic carbocycles. The minimum Gasteiger partial charge on any atom is -0.328 e. The van der Waals surface area contributed by atoms with Crippen molar-refractivity contribution in [1.82, 2.24) is 0 Å². The smallest absolute Gasteiger partial charge is 0.165 e. The number of fused-ring (bicyclic) bond motifs is 1. The van der Waals surface area contributed by atoms with Gasteiger partial charge in [0.05, 0.1) is 0 Å². The average molecular weight is 213 g/mol. The molecule has 2 heteroatoms. The van der Waals surface area contributed by atoms with Crippen molar-refractivity contribution in [3.63, 3.8) is 0 Å². The molecule has 1 atom stereocenters. The summed E-state index contributed by atoms with van der Waals surface area (Å²) in [6, 6.07) is 13.6. The number of hydrogen-bond acceptors (Lipinski definition) is 2. The molecule has 0 saturated heterocycles. The van der Waals surface area contributed by atoms with Crippen molar-refractivity contribution in [1.29, 1.82) is 0 Å². The first-order valence-electron chi connectivity index (χ1n) is 5.45. The monoisotopic (exact) mass is 213 g/mol. The molecule has 0 aliphatic heterocycles. The quantitative estimate of drug-likeness (QED) is 0.797. The molecule has 2 aromatic rings. The van der Waals surface area contributed by atoms with E-state index in [0.717, 1.165) is 16.3 Å². The number of carbonyl (C=O) groups is 1. The van der Waals surface area contributed by atoms with Crippen LogP contribution in [0.4, 0.5) is 0 Å². The Morgan fingerprint density at radius 3 is 2.62 bits per heavy atom. The van der Waals surface area contributed by atoms with Crippen LogP contribution in [-0.2, 0) is 0 Å². The zero-order valence-electron chi connectivity index (χ0n) is 9.31. The van der Waals surface area contributed by atoms with Crippen molar-refractivity contribution < 1.29 is 4.79 Å². The largest absolute Gasteiger partial charge is 0.328 e. The molecule has 0 radical (unpaired) electrons. The maximum Gasteiger partial charge on any atom is 0.165 e. The van der Waals surface area contributed by atoms with E-state index in [9.17, 15) is 4.79 Å². The van der Waals surface area contributed by atoms with E-state index in [-0.39, 0.29) is 11.8 Å². The summed E-state index contributed by atoms with van der Waals surface area (Å²) in [4.78, 5) is 12.0. The molecule has 1 unspecified atom stereocenters. The van der Waals surface area contributed by atoms with E-state index in [2.05, 4.69) is 0 Å². The Hall–Kier alpha value is -1.67. The minimum absolute atomic E-state index is 0.0912. The summed E-state index contributed by atoms with van der Waals surface area (Å²) < 4.78 is 0. The molecular formula is C14H15NO. The Bertz CT molecular complexity index is 512. The highest BCUT2D eigenvalue weighted by Gasteiger charge is 2.11. The third-order valence-corrected chi connectivity index (χ3v) is 2.60. The number of Topliss-reactive ketones (excluding diaryl/α,β-unsaturated/α-hetero) is 1. The summed E-state index contributed by atoms with van der Waals surface area (Å²) >= 11 is 0. The van der Waals surface area contributed by atoms with Crippen LogP contribution in [-0.4, -0.2) is 11.8 Å². The van der Waals surface area contributed by atoms with Gasteiger partial charge in [-0.2, -0.15) is 0 Å². The molecule has 16 heavy (non-hydrogen) atoms. The second-order valence-corrected chi connectivity index (χ2v) is 4.13. The summed E-state index contributed by atoms with van der Waals surface area (Å²) in [6.07, 6.45) is 0.397. The van der Waals surface area contributed by atoms with Gasteiger partial charge in [0.1, 0.15) is 0 Å². The van der Waals surface area contributed by atoms with Crippen molar-refractivity contribution >= 4 is 16.6 Å². The molecule has 0 amide bonds. The fourth-order valence-electron chi connectivity index (χ4n) is 1.87. The maximum atomic E-state index is 12.0. The lowest BCUT2D eigenvalue weighted by Gasteiger charge is -2.07. The topological polar surface area (TPSA) is 43.1 Å². The lowest BCUT2D eigenvalue weighted by atomic mass is 9.98. The van der Waals surface area contributed by atoms with Crippen LogP contribution in [0.15, 0.2) is 42.5 Å². The molecule has 0 heterocycles. The summed E-state index contributed by atoms with van der Waals surface area (Å²) in [6.45, 7) is 1.85. The number of ketones is 1. The van der Waals surface area contributed by atoms with Gasteiger partial charge in [-0.15, -0.1) is 0 Å². The van der Waals surface area contributed by atoms with Crippen LogP contribution in [0, 0.1) is 0 Å². The third-order valence-electron chi connectivity index (χ3n) is 2.60.